The average Bonchev–Trinajstić information content (AvgIpc) is 2.71. The molecule has 0 aliphatic carbocycles. The lowest BCUT2D eigenvalue weighted by atomic mass is 10.1. The molecule has 2 N–H and O–H groups in total. The molecule has 0 saturated heterocycles. The van der Waals surface area contributed by atoms with E-state index in [1.165, 1.54) is 18.5 Å². The summed E-state index contributed by atoms with van der Waals surface area (Å²) >= 11 is 12.4. The van der Waals surface area contributed by atoms with Crippen LogP contribution in [0.15, 0.2) is 42.9 Å². The van der Waals surface area contributed by atoms with Crippen molar-refractivity contribution in [3.05, 3.63) is 58.5 Å². The van der Waals surface area contributed by atoms with E-state index in [2.05, 4.69) is 20.0 Å². The maximum Gasteiger partial charge on any atom is 0.257 e. The first-order chi connectivity index (χ1) is 13.8. The molecule has 29 heavy (non-hydrogen) atoms. The van der Waals surface area contributed by atoms with Gasteiger partial charge in [0, 0.05) is 11.6 Å². The standard InChI is InChI=1S/C18H15Cl2FN4O3S/c19-13-5-6-14(25-29(27,28)8-2-7-21)15(20)17(13)24-18(26)12-4-1-3-11-9-22-10-23-16(11)12/h1,3-6,9-10,25H,2,7-8H2,(H,24,26). The summed E-state index contributed by atoms with van der Waals surface area (Å²) in [5, 5.41) is 3.29. The topological polar surface area (TPSA) is 101 Å². The van der Waals surface area contributed by atoms with Crippen LogP contribution < -0.4 is 10.0 Å². The number of carbonyl (C=O) groups excluding carboxylic acids is 1. The molecule has 3 rings (SSSR count). The molecular weight excluding hydrogens is 442 g/mol. The van der Waals surface area contributed by atoms with Crippen LogP contribution in [0.2, 0.25) is 10.0 Å². The van der Waals surface area contributed by atoms with Gasteiger partial charge in [-0.25, -0.2) is 18.4 Å². The van der Waals surface area contributed by atoms with E-state index in [1.54, 1.807) is 24.4 Å². The maximum absolute atomic E-state index is 12.8. The second-order valence-electron chi connectivity index (χ2n) is 5.97. The molecule has 0 saturated carbocycles. The van der Waals surface area contributed by atoms with Crippen LogP contribution in [0, 0.1) is 0 Å². The van der Waals surface area contributed by atoms with Crippen molar-refractivity contribution >= 4 is 61.4 Å². The van der Waals surface area contributed by atoms with Crippen LogP contribution in [-0.4, -0.2) is 36.7 Å². The van der Waals surface area contributed by atoms with Gasteiger partial charge in [0.1, 0.15) is 6.33 Å². The number of anilines is 2. The molecule has 1 heterocycles. The molecule has 0 aliphatic rings. The van der Waals surface area contributed by atoms with Gasteiger partial charge < -0.3 is 5.32 Å². The molecule has 0 spiro atoms. The summed E-state index contributed by atoms with van der Waals surface area (Å²) in [6.07, 6.45) is 2.75. The van der Waals surface area contributed by atoms with E-state index < -0.39 is 28.4 Å². The van der Waals surface area contributed by atoms with Crippen LogP contribution in [0.4, 0.5) is 15.8 Å². The summed E-state index contributed by atoms with van der Waals surface area (Å²) in [5.74, 6) is -0.935. The summed E-state index contributed by atoms with van der Waals surface area (Å²) < 4.78 is 38.6. The summed E-state index contributed by atoms with van der Waals surface area (Å²) in [4.78, 5) is 20.8. The highest BCUT2D eigenvalue weighted by atomic mass is 35.5. The van der Waals surface area contributed by atoms with Gasteiger partial charge in [-0.1, -0.05) is 35.3 Å². The predicted octanol–water partition coefficient (Wildman–Crippen LogP) is 4.29. The number of nitrogens with zero attached hydrogens (tertiary/aromatic N) is 2. The van der Waals surface area contributed by atoms with Crippen LogP contribution in [0.5, 0.6) is 0 Å². The third-order valence-electron chi connectivity index (χ3n) is 3.92. The Morgan fingerprint density at radius 2 is 1.97 bits per heavy atom. The number of amides is 1. The maximum atomic E-state index is 12.8. The zero-order valence-electron chi connectivity index (χ0n) is 14.8. The van der Waals surface area contributed by atoms with Crippen molar-refractivity contribution in [1.82, 2.24) is 9.97 Å². The number of sulfonamides is 1. The fourth-order valence-electron chi connectivity index (χ4n) is 2.59. The van der Waals surface area contributed by atoms with Crippen LogP contribution >= 0.6 is 23.2 Å². The van der Waals surface area contributed by atoms with Crippen LogP contribution in [-0.2, 0) is 10.0 Å². The van der Waals surface area contributed by atoms with Gasteiger partial charge in [0.15, 0.2) is 0 Å². The van der Waals surface area contributed by atoms with E-state index in [4.69, 9.17) is 23.2 Å². The Labute approximate surface area is 176 Å². The average molecular weight is 457 g/mol. The Hall–Kier alpha value is -2.49. The van der Waals surface area contributed by atoms with Gasteiger partial charge >= 0.3 is 0 Å². The first-order valence-corrected chi connectivity index (χ1v) is 10.8. The van der Waals surface area contributed by atoms with E-state index in [1.807, 2.05) is 0 Å². The highest BCUT2D eigenvalue weighted by Crippen LogP contribution is 2.37. The van der Waals surface area contributed by atoms with Gasteiger partial charge in [-0.2, -0.15) is 0 Å². The molecule has 1 aromatic heterocycles. The largest absolute Gasteiger partial charge is 0.319 e. The van der Waals surface area contributed by atoms with Crippen molar-refractivity contribution in [1.29, 1.82) is 0 Å². The molecule has 0 fully saturated rings. The minimum absolute atomic E-state index is 0.0190. The molecule has 11 heteroatoms. The summed E-state index contributed by atoms with van der Waals surface area (Å²) in [7, 11) is -3.81. The number of rotatable bonds is 7. The highest BCUT2D eigenvalue weighted by molar-refractivity contribution is 7.92. The molecule has 0 atom stereocenters. The number of hydrogen-bond donors (Lipinski definition) is 2. The molecular formula is C18H15Cl2FN4O3S. The number of benzene rings is 2. The van der Waals surface area contributed by atoms with E-state index in [0.29, 0.717) is 10.9 Å². The van der Waals surface area contributed by atoms with Crippen molar-refractivity contribution in [2.75, 3.05) is 22.5 Å². The molecule has 0 unspecified atom stereocenters. The first-order valence-electron chi connectivity index (χ1n) is 8.37. The molecule has 7 nitrogen and oxygen atoms in total. The lowest BCUT2D eigenvalue weighted by molar-refractivity contribution is 0.102. The van der Waals surface area contributed by atoms with Crippen LogP contribution in [0.3, 0.4) is 0 Å². The summed E-state index contributed by atoms with van der Waals surface area (Å²) in [5.41, 5.74) is 0.766. The smallest absolute Gasteiger partial charge is 0.257 e. The number of nitrogens with one attached hydrogen (secondary N) is 2. The first kappa shape index (κ1) is 21.2. The number of halogens is 3. The highest BCUT2D eigenvalue weighted by Gasteiger charge is 2.19. The predicted molar refractivity (Wildman–Crippen MR) is 112 cm³/mol. The molecule has 0 bridgehead atoms. The van der Waals surface area contributed by atoms with Crippen molar-refractivity contribution in [2.24, 2.45) is 0 Å². The van der Waals surface area contributed by atoms with Gasteiger partial charge in [0.2, 0.25) is 10.0 Å². The fraction of sp³-hybridized carbons (Fsp3) is 0.167. The Bertz CT molecular complexity index is 1170. The number of alkyl halides is 1. The number of hydrogen-bond acceptors (Lipinski definition) is 5. The van der Waals surface area contributed by atoms with Crippen molar-refractivity contribution in [2.45, 2.75) is 6.42 Å². The zero-order chi connectivity index (χ0) is 21.0. The lowest BCUT2D eigenvalue weighted by Gasteiger charge is -2.15. The van der Waals surface area contributed by atoms with Gasteiger partial charge in [-0.3, -0.25) is 13.9 Å². The molecule has 1 amide bonds. The normalized spacial score (nSPS) is 11.4. The Kier molecular flexibility index (Phi) is 6.51. The van der Waals surface area contributed by atoms with Crippen LogP contribution in [0.1, 0.15) is 16.8 Å². The van der Waals surface area contributed by atoms with Gasteiger partial charge in [-0.15, -0.1) is 0 Å². The second-order valence-corrected chi connectivity index (χ2v) is 8.59. The van der Waals surface area contributed by atoms with Crippen molar-refractivity contribution < 1.29 is 17.6 Å². The molecule has 0 aliphatic heterocycles. The Balaban J connectivity index is 1.92. The van der Waals surface area contributed by atoms with Crippen LogP contribution in [0.25, 0.3) is 10.9 Å². The minimum atomic E-state index is -3.81. The molecule has 3 aromatic rings. The van der Waals surface area contributed by atoms with E-state index in [-0.39, 0.29) is 33.4 Å². The quantitative estimate of drug-likeness (QED) is 0.551. The fourth-order valence-corrected chi connectivity index (χ4v) is 4.25. The van der Waals surface area contributed by atoms with Gasteiger partial charge in [0.25, 0.3) is 5.91 Å². The lowest BCUT2D eigenvalue weighted by Crippen LogP contribution is -2.18. The third-order valence-corrected chi connectivity index (χ3v) is 5.99. The Morgan fingerprint density at radius 1 is 1.17 bits per heavy atom. The summed E-state index contributed by atoms with van der Waals surface area (Å²) in [6, 6.07) is 7.77. The Morgan fingerprint density at radius 3 is 2.72 bits per heavy atom. The van der Waals surface area contributed by atoms with E-state index >= 15 is 0 Å². The monoisotopic (exact) mass is 456 g/mol. The van der Waals surface area contributed by atoms with E-state index in [0.717, 1.165) is 0 Å². The number of fused-ring (bicyclic) bond motifs is 1. The van der Waals surface area contributed by atoms with Crippen molar-refractivity contribution in [3.63, 3.8) is 0 Å². The third kappa shape index (κ3) is 4.92. The summed E-state index contributed by atoms with van der Waals surface area (Å²) in [6.45, 7) is -0.759. The number of aromatic nitrogens is 2. The number of para-hydroxylation sites is 1. The molecule has 0 radical (unpaired) electrons. The van der Waals surface area contributed by atoms with Gasteiger partial charge in [0.05, 0.1) is 44.9 Å². The SMILES string of the molecule is O=C(Nc1c(Cl)ccc(NS(=O)(=O)CCCF)c1Cl)c1cccc2cncnc12. The molecule has 152 valence electrons. The number of carbonyl (C=O) groups is 1. The second kappa shape index (κ2) is 8.89. The van der Waals surface area contributed by atoms with E-state index in [9.17, 15) is 17.6 Å². The van der Waals surface area contributed by atoms with Crippen molar-refractivity contribution in [3.8, 4) is 0 Å². The minimum Gasteiger partial charge on any atom is -0.319 e. The molecule has 2 aromatic carbocycles. The zero-order valence-corrected chi connectivity index (χ0v) is 17.2. The van der Waals surface area contributed by atoms with Gasteiger partial charge in [-0.05, 0) is 24.6 Å².